The molecule has 0 N–H and O–H groups in total. The van der Waals surface area contributed by atoms with E-state index in [1.54, 1.807) is 17.9 Å². The fraction of sp³-hybridized carbons (Fsp3) is 0.560. The largest absolute Gasteiger partial charge is 0.481 e. The third kappa shape index (κ3) is 4.63. The minimum Gasteiger partial charge on any atom is -0.481 e. The maximum absolute atomic E-state index is 13.9. The average Bonchev–Trinajstić information content (AvgIpc) is 2.85. The summed E-state index contributed by atoms with van der Waals surface area (Å²) in [5.74, 6) is -2.36. The molecule has 0 bridgehead atoms. The molecule has 0 aromatic carbocycles. The van der Waals surface area contributed by atoms with Crippen LogP contribution in [0.25, 0.3) is 11.3 Å². The molecule has 0 unspecified atom stereocenters. The molecule has 35 heavy (non-hydrogen) atoms. The van der Waals surface area contributed by atoms with Gasteiger partial charge in [0.1, 0.15) is 5.69 Å². The van der Waals surface area contributed by atoms with E-state index in [1.807, 2.05) is 26.0 Å². The molecule has 1 aliphatic heterocycles. The molecule has 1 saturated carbocycles. The molecule has 0 spiro atoms. The quantitative estimate of drug-likeness (QED) is 0.534. The van der Waals surface area contributed by atoms with Crippen LogP contribution in [0.2, 0.25) is 0 Å². The summed E-state index contributed by atoms with van der Waals surface area (Å²) in [6, 6.07) is 3.35. The van der Waals surface area contributed by atoms with Crippen LogP contribution >= 0.6 is 0 Å². The average molecular weight is 486 g/mol. The van der Waals surface area contributed by atoms with E-state index in [0.29, 0.717) is 48.0 Å². The van der Waals surface area contributed by atoms with E-state index in [4.69, 9.17) is 14.5 Å². The highest BCUT2D eigenvalue weighted by atomic mass is 19.3. The second-order valence-corrected chi connectivity index (χ2v) is 9.51. The first-order valence-corrected chi connectivity index (χ1v) is 12.0. The Morgan fingerprint density at radius 2 is 1.86 bits per heavy atom. The van der Waals surface area contributed by atoms with Gasteiger partial charge in [0.05, 0.1) is 24.6 Å². The molecule has 8 nitrogen and oxygen atoms in total. The lowest BCUT2D eigenvalue weighted by Gasteiger charge is -2.32. The van der Waals surface area contributed by atoms with Crippen molar-refractivity contribution in [1.82, 2.24) is 24.5 Å². The van der Waals surface area contributed by atoms with Gasteiger partial charge in [-0.25, -0.2) is 28.7 Å². The molecule has 3 aromatic rings. The van der Waals surface area contributed by atoms with Crippen molar-refractivity contribution in [1.29, 1.82) is 0 Å². The van der Waals surface area contributed by atoms with Crippen LogP contribution in [-0.4, -0.2) is 44.1 Å². The van der Waals surface area contributed by atoms with E-state index >= 15 is 0 Å². The molecule has 2 aliphatic rings. The van der Waals surface area contributed by atoms with Crippen LogP contribution in [-0.2, 0) is 4.74 Å². The highest BCUT2D eigenvalue weighted by Gasteiger charge is 2.37. The predicted octanol–water partition coefficient (Wildman–Crippen LogP) is 4.59. The SMILES string of the molecule is COc1cc([C@@H]2C[C@H](c3nc4nc(C)c(C)nc4n(C4CCC(F)(F)CC4)c3=O)CCO2)ccn1. The van der Waals surface area contributed by atoms with E-state index in [1.165, 1.54) is 0 Å². The van der Waals surface area contributed by atoms with Gasteiger partial charge in [-0.2, -0.15) is 0 Å². The molecule has 1 saturated heterocycles. The number of methoxy groups -OCH3 is 1. The Morgan fingerprint density at radius 1 is 1.11 bits per heavy atom. The number of pyridine rings is 1. The summed E-state index contributed by atoms with van der Waals surface area (Å²) in [5.41, 5.74) is 3.24. The minimum atomic E-state index is -2.69. The maximum atomic E-state index is 13.9. The first-order chi connectivity index (χ1) is 16.8. The summed E-state index contributed by atoms with van der Waals surface area (Å²) in [6.45, 7) is 4.14. The van der Waals surface area contributed by atoms with Crippen molar-refractivity contribution < 1.29 is 18.3 Å². The third-order valence-corrected chi connectivity index (χ3v) is 7.23. The van der Waals surface area contributed by atoms with Gasteiger partial charge < -0.3 is 9.47 Å². The van der Waals surface area contributed by atoms with Crippen LogP contribution in [0.15, 0.2) is 23.1 Å². The molecule has 4 heterocycles. The summed E-state index contributed by atoms with van der Waals surface area (Å²) in [6.07, 6.45) is 2.56. The summed E-state index contributed by atoms with van der Waals surface area (Å²) < 4.78 is 40.6. The number of hydrogen-bond donors (Lipinski definition) is 0. The highest BCUT2D eigenvalue weighted by Crippen LogP contribution is 2.40. The Kier molecular flexibility index (Phi) is 6.25. The van der Waals surface area contributed by atoms with E-state index in [-0.39, 0.29) is 49.3 Å². The molecular weight excluding hydrogens is 456 g/mol. The van der Waals surface area contributed by atoms with Gasteiger partial charge >= 0.3 is 0 Å². The van der Waals surface area contributed by atoms with Crippen LogP contribution in [0.1, 0.15) is 79.2 Å². The zero-order chi connectivity index (χ0) is 24.7. The smallest absolute Gasteiger partial charge is 0.274 e. The Morgan fingerprint density at radius 3 is 2.60 bits per heavy atom. The van der Waals surface area contributed by atoms with E-state index in [0.717, 1.165) is 11.3 Å². The third-order valence-electron chi connectivity index (χ3n) is 7.23. The van der Waals surface area contributed by atoms with Crippen molar-refractivity contribution in [3.8, 4) is 5.88 Å². The van der Waals surface area contributed by atoms with E-state index in [2.05, 4.69) is 15.0 Å². The molecule has 10 heteroatoms. The second-order valence-electron chi connectivity index (χ2n) is 9.51. The van der Waals surface area contributed by atoms with Crippen LogP contribution in [0.5, 0.6) is 5.88 Å². The normalized spacial score (nSPS) is 22.9. The van der Waals surface area contributed by atoms with Gasteiger partial charge in [-0.3, -0.25) is 9.36 Å². The number of aromatic nitrogens is 5. The van der Waals surface area contributed by atoms with Gasteiger partial charge in [-0.1, -0.05) is 0 Å². The molecule has 2 atom stereocenters. The number of aryl methyl sites for hydroxylation is 2. The van der Waals surface area contributed by atoms with Crippen LogP contribution in [0.4, 0.5) is 8.78 Å². The number of halogens is 2. The van der Waals surface area contributed by atoms with Gasteiger partial charge in [0.15, 0.2) is 11.3 Å². The standard InChI is InChI=1S/C25H29F2N5O3/c1-14-15(2)30-23-22(29-14)31-21(24(33)32(23)18-4-8-25(26,27)9-5-18)17-7-11-35-19(12-17)16-6-10-28-20(13-16)34-3/h6,10,13,17-19H,4-5,7-9,11-12H2,1-3H3/t17-,19+/m1/s1. The van der Waals surface area contributed by atoms with Gasteiger partial charge in [0, 0.05) is 43.7 Å². The van der Waals surface area contributed by atoms with Crippen molar-refractivity contribution in [2.45, 2.75) is 76.4 Å². The molecular formula is C25H29F2N5O3. The van der Waals surface area contributed by atoms with Gasteiger partial charge in [-0.05, 0) is 51.2 Å². The molecule has 186 valence electrons. The zero-order valence-corrected chi connectivity index (χ0v) is 20.1. The molecule has 0 amide bonds. The van der Waals surface area contributed by atoms with Crippen molar-refractivity contribution in [3.63, 3.8) is 0 Å². The Balaban J connectivity index is 1.56. The van der Waals surface area contributed by atoms with Gasteiger partial charge in [0.25, 0.3) is 5.56 Å². The number of fused-ring (bicyclic) bond motifs is 1. The first kappa shape index (κ1) is 23.7. The lowest BCUT2D eigenvalue weighted by atomic mass is 9.89. The number of rotatable bonds is 4. The molecule has 0 radical (unpaired) electrons. The van der Waals surface area contributed by atoms with Crippen molar-refractivity contribution >= 4 is 11.3 Å². The minimum absolute atomic E-state index is 0.162. The zero-order valence-electron chi connectivity index (χ0n) is 20.1. The van der Waals surface area contributed by atoms with E-state index < -0.39 is 5.92 Å². The van der Waals surface area contributed by atoms with Gasteiger partial charge in [-0.15, -0.1) is 0 Å². The lowest BCUT2D eigenvalue weighted by Crippen LogP contribution is -2.36. The summed E-state index contributed by atoms with van der Waals surface area (Å²) >= 11 is 0. The van der Waals surface area contributed by atoms with Crippen LogP contribution in [0.3, 0.4) is 0 Å². The lowest BCUT2D eigenvalue weighted by molar-refractivity contribution is -0.0440. The first-order valence-electron chi connectivity index (χ1n) is 12.0. The number of ether oxygens (including phenoxy) is 2. The summed E-state index contributed by atoms with van der Waals surface area (Å²) in [4.78, 5) is 31.9. The van der Waals surface area contributed by atoms with Crippen LogP contribution < -0.4 is 10.3 Å². The van der Waals surface area contributed by atoms with Crippen molar-refractivity contribution in [3.05, 3.63) is 51.3 Å². The van der Waals surface area contributed by atoms with Gasteiger partial charge in [0.2, 0.25) is 11.8 Å². The number of hydrogen-bond acceptors (Lipinski definition) is 7. The molecule has 1 aliphatic carbocycles. The van der Waals surface area contributed by atoms with Crippen LogP contribution in [0, 0.1) is 13.8 Å². The molecule has 2 fully saturated rings. The van der Waals surface area contributed by atoms with Crippen molar-refractivity contribution in [2.75, 3.05) is 13.7 Å². The Bertz CT molecular complexity index is 1300. The topological polar surface area (TPSA) is 92.0 Å². The predicted molar refractivity (Wildman–Crippen MR) is 125 cm³/mol. The fourth-order valence-electron chi connectivity index (χ4n) is 5.10. The van der Waals surface area contributed by atoms with E-state index in [9.17, 15) is 13.6 Å². The molecule has 3 aromatic heterocycles. The number of alkyl halides is 2. The Hall–Kier alpha value is -3.01. The fourth-order valence-corrected chi connectivity index (χ4v) is 5.10. The second kappa shape index (κ2) is 9.22. The van der Waals surface area contributed by atoms with Crippen molar-refractivity contribution in [2.24, 2.45) is 0 Å². The monoisotopic (exact) mass is 485 g/mol. The Labute approximate surface area is 201 Å². The molecule has 5 rings (SSSR count). The summed E-state index contributed by atoms with van der Waals surface area (Å²) in [7, 11) is 1.56. The maximum Gasteiger partial charge on any atom is 0.274 e. The summed E-state index contributed by atoms with van der Waals surface area (Å²) in [5, 5.41) is 0. The number of nitrogens with zero attached hydrogens (tertiary/aromatic N) is 5. The highest BCUT2D eigenvalue weighted by molar-refractivity contribution is 5.66.